The van der Waals surface area contributed by atoms with Gasteiger partial charge in [-0.2, -0.15) is 0 Å². The lowest BCUT2D eigenvalue weighted by molar-refractivity contribution is -0.115. The number of ether oxygens (including phenoxy) is 1. The molecule has 5 nitrogen and oxygen atoms in total. The van der Waals surface area contributed by atoms with Gasteiger partial charge in [-0.05, 0) is 48.9 Å². The first-order valence-electron chi connectivity index (χ1n) is 9.38. The molecule has 0 aliphatic rings. The normalized spacial score (nSPS) is 11.1. The van der Waals surface area contributed by atoms with Gasteiger partial charge in [-0.1, -0.05) is 35.9 Å². The number of aryl methyl sites for hydroxylation is 1. The number of carbonyl (C=O) groups is 1. The highest BCUT2D eigenvalue weighted by Gasteiger charge is 2.16. The summed E-state index contributed by atoms with van der Waals surface area (Å²) in [5.74, 6) is -0.521. The van der Waals surface area contributed by atoms with Gasteiger partial charge < -0.3 is 10.1 Å². The Labute approximate surface area is 175 Å². The molecule has 0 fully saturated rings. The molecule has 0 aliphatic heterocycles. The lowest BCUT2D eigenvalue weighted by atomic mass is 10.2. The molecule has 0 bridgehead atoms. The van der Waals surface area contributed by atoms with Crippen molar-refractivity contribution in [2.45, 2.75) is 24.8 Å². The van der Waals surface area contributed by atoms with E-state index in [1.807, 2.05) is 6.92 Å². The summed E-state index contributed by atoms with van der Waals surface area (Å²) in [6, 6.07) is 19.4. The van der Waals surface area contributed by atoms with Gasteiger partial charge in [-0.3, -0.25) is 4.79 Å². The van der Waals surface area contributed by atoms with Crippen molar-refractivity contribution < 1.29 is 22.3 Å². The lowest BCUT2D eigenvalue weighted by Gasteiger charge is -2.10. The van der Waals surface area contributed by atoms with Crippen LogP contribution in [0.4, 0.5) is 10.1 Å². The van der Waals surface area contributed by atoms with Gasteiger partial charge in [-0.15, -0.1) is 0 Å². The molecule has 7 heteroatoms. The fourth-order valence-corrected chi connectivity index (χ4v) is 4.01. The topological polar surface area (TPSA) is 72.5 Å². The third-order valence-electron chi connectivity index (χ3n) is 4.39. The van der Waals surface area contributed by atoms with Crippen molar-refractivity contribution >= 4 is 21.4 Å². The van der Waals surface area contributed by atoms with E-state index in [1.165, 1.54) is 12.1 Å². The minimum Gasteiger partial charge on any atom is -0.489 e. The Hall–Kier alpha value is -3.19. The Balaban J connectivity index is 1.55. The van der Waals surface area contributed by atoms with Gasteiger partial charge in [0, 0.05) is 18.2 Å². The fourth-order valence-electron chi connectivity index (χ4n) is 2.77. The van der Waals surface area contributed by atoms with Crippen molar-refractivity contribution in [2.75, 3.05) is 11.1 Å². The molecule has 0 saturated heterocycles. The van der Waals surface area contributed by atoms with E-state index in [0.717, 1.165) is 5.56 Å². The van der Waals surface area contributed by atoms with Gasteiger partial charge in [-0.25, -0.2) is 12.8 Å². The zero-order valence-electron chi connectivity index (χ0n) is 16.5. The van der Waals surface area contributed by atoms with Crippen molar-refractivity contribution in [1.82, 2.24) is 0 Å². The van der Waals surface area contributed by atoms with E-state index in [9.17, 15) is 17.6 Å². The van der Waals surface area contributed by atoms with Crippen LogP contribution in [-0.4, -0.2) is 20.1 Å². The number of sulfone groups is 1. The minimum atomic E-state index is -3.53. The van der Waals surface area contributed by atoms with Gasteiger partial charge in [0.2, 0.25) is 5.91 Å². The monoisotopic (exact) mass is 427 g/mol. The summed E-state index contributed by atoms with van der Waals surface area (Å²) < 4.78 is 43.6. The molecule has 156 valence electrons. The van der Waals surface area contributed by atoms with Crippen LogP contribution in [0.3, 0.4) is 0 Å². The van der Waals surface area contributed by atoms with Crippen LogP contribution in [-0.2, 0) is 21.2 Å². The highest BCUT2D eigenvalue weighted by Crippen LogP contribution is 2.19. The molecule has 0 unspecified atom stereocenters. The Morgan fingerprint density at radius 3 is 2.47 bits per heavy atom. The van der Waals surface area contributed by atoms with Crippen LogP contribution in [0.15, 0.2) is 77.7 Å². The first kappa shape index (κ1) is 21.5. The third kappa shape index (κ3) is 6.15. The predicted molar refractivity (Wildman–Crippen MR) is 114 cm³/mol. The average molecular weight is 427 g/mol. The quantitative estimate of drug-likeness (QED) is 0.574. The second-order valence-electron chi connectivity index (χ2n) is 6.88. The highest BCUT2D eigenvalue weighted by atomic mass is 32.2. The first-order valence-corrected chi connectivity index (χ1v) is 11.0. The van der Waals surface area contributed by atoms with Gasteiger partial charge >= 0.3 is 0 Å². The smallest absolute Gasteiger partial charge is 0.225 e. The molecule has 1 amide bonds. The molecule has 1 N–H and O–H groups in total. The molecule has 0 aromatic heterocycles. The van der Waals surface area contributed by atoms with Crippen molar-refractivity contribution in [1.29, 1.82) is 0 Å². The number of halogens is 1. The van der Waals surface area contributed by atoms with E-state index in [-0.39, 0.29) is 29.5 Å². The van der Waals surface area contributed by atoms with Gasteiger partial charge in [0.05, 0.1) is 10.6 Å². The Morgan fingerprint density at radius 2 is 1.73 bits per heavy atom. The maximum atomic E-state index is 13.2. The SMILES string of the molecule is Cc1ccc(S(=O)(=O)CCC(=O)Nc2cccc(OCc3cccc(F)c3)c2)cc1. The summed E-state index contributed by atoms with van der Waals surface area (Å²) in [6.45, 7) is 2.06. The first-order chi connectivity index (χ1) is 14.3. The standard InChI is InChI=1S/C23H22FNO4S/c1-17-8-10-22(11-9-17)30(27,28)13-12-23(26)25-20-6-3-7-21(15-20)29-16-18-4-2-5-19(24)14-18/h2-11,14-15H,12-13,16H2,1H3,(H,25,26). The molecule has 0 spiro atoms. The Morgan fingerprint density at radius 1 is 1.00 bits per heavy atom. The number of carbonyl (C=O) groups excluding carboxylic acids is 1. The van der Waals surface area contributed by atoms with E-state index < -0.39 is 15.7 Å². The van der Waals surface area contributed by atoms with Crippen molar-refractivity contribution in [3.05, 3.63) is 89.7 Å². The molecule has 0 radical (unpaired) electrons. The summed E-state index contributed by atoms with van der Waals surface area (Å²) in [6.07, 6.45) is -0.162. The second kappa shape index (κ2) is 9.54. The van der Waals surface area contributed by atoms with Crippen molar-refractivity contribution in [2.24, 2.45) is 0 Å². The molecule has 3 aromatic rings. The minimum absolute atomic E-state index is 0.162. The number of rotatable bonds is 8. The maximum Gasteiger partial charge on any atom is 0.225 e. The molecule has 0 atom stereocenters. The Bertz CT molecular complexity index is 1130. The maximum absolute atomic E-state index is 13.2. The van der Waals surface area contributed by atoms with Crippen LogP contribution < -0.4 is 10.1 Å². The molecule has 3 rings (SSSR count). The van der Waals surface area contributed by atoms with Gasteiger partial charge in [0.25, 0.3) is 0 Å². The Kier molecular flexibility index (Phi) is 6.84. The van der Waals surface area contributed by atoms with Crippen LogP contribution in [0.25, 0.3) is 0 Å². The van der Waals surface area contributed by atoms with E-state index >= 15 is 0 Å². The second-order valence-corrected chi connectivity index (χ2v) is 8.99. The molecule has 0 heterocycles. The third-order valence-corrected chi connectivity index (χ3v) is 6.12. The summed E-state index contributed by atoms with van der Waals surface area (Å²) in [7, 11) is -3.53. The summed E-state index contributed by atoms with van der Waals surface area (Å²) in [5, 5.41) is 2.68. The molecular weight excluding hydrogens is 405 g/mol. The van der Waals surface area contributed by atoms with E-state index in [4.69, 9.17) is 4.74 Å². The number of anilines is 1. The van der Waals surface area contributed by atoms with Crippen LogP contribution in [0, 0.1) is 12.7 Å². The van der Waals surface area contributed by atoms with E-state index in [0.29, 0.717) is 17.0 Å². The molecule has 3 aromatic carbocycles. The van der Waals surface area contributed by atoms with E-state index in [1.54, 1.807) is 60.7 Å². The van der Waals surface area contributed by atoms with Gasteiger partial charge in [0.15, 0.2) is 9.84 Å². The van der Waals surface area contributed by atoms with Crippen LogP contribution >= 0.6 is 0 Å². The summed E-state index contributed by atoms with van der Waals surface area (Å²) >= 11 is 0. The average Bonchev–Trinajstić information content (AvgIpc) is 2.72. The number of hydrogen-bond acceptors (Lipinski definition) is 4. The van der Waals surface area contributed by atoms with E-state index in [2.05, 4.69) is 5.32 Å². The molecule has 30 heavy (non-hydrogen) atoms. The molecular formula is C23H22FNO4S. The zero-order chi connectivity index (χ0) is 21.6. The predicted octanol–water partition coefficient (Wildman–Crippen LogP) is 4.52. The number of amides is 1. The van der Waals surface area contributed by atoms with Crippen LogP contribution in [0.2, 0.25) is 0 Å². The van der Waals surface area contributed by atoms with Crippen LogP contribution in [0.1, 0.15) is 17.5 Å². The molecule has 0 saturated carbocycles. The largest absolute Gasteiger partial charge is 0.489 e. The van der Waals surface area contributed by atoms with Crippen molar-refractivity contribution in [3.8, 4) is 5.75 Å². The van der Waals surface area contributed by atoms with Gasteiger partial charge in [0.1, 0.15) is 18.2 Å². The lowest BCUT2D eigenvalue weighted by Crippen LogP contribution is -2.17. The van der Waals surface area contributed by atoms with Crippen molar-refractivity contribution in [3.63, 3.8) is 0 Å². The van der Waals surface area contributed by atoms with Crippen LogP contribution in [0.5, 0.6) is 5.75 Å². The number of hydrogen-bond donors (Lipinski definition) is 1. The summed E-state index contributed by atoms with van der Waals surface area (Å²) in [4.78, 5) is 12.4. The summed E-state index contributed by atoms with van der Waals surface area (Å²) in [5.41, 5.74) is 2.14. The zero-order valence-corrected chi connectivity index (χ0v) is 17.3. The number of nitrogens with one attached hydrogen (secondary N) is 1. The fraction of sp³-hybridized carbons (Fsp3) is 0.174. The number of benzene rings is 3. The highest BCUT2D eigenvalue weighted by molar-refractivity contribution is 7.91. The molecule has 0 aliphatic carbocycles.